The molecule has 0 aliphatic heterocycles. The molecule has 0 unspecified atom stereocenters. The van der Waals surface area contributed by atoms with Crippen LogP contribution in [0.2, 0.25) is 0 Å². The number of nitriles is 1. The fourth-order valence-electron chi connectivity index (χ4n) is 3.09. The SMILES string of the molecule is CN(C)c1c2ccccc2c(/C=C(\C#N)P(=O)(O)O)c2ccccc12. The zero-order chi connectivity index (χ0) is 18.2. The highest BCUT2D eigenvalue weighted by Gasteiger charge is 2.22. The molecule has 0 aliphatic rings. The molecule has 0 heterocycles. The standard InChI is InChI=1S/C19H17N2O3P/c1-21(2)19-16-9-5-3-7-14(16)18(11-13(12-20)25(22,23)24)15-8-4-6-10-17(15)19/h3-11H,1-2H3,(H2,22,23,24)/b13-11+. The quantitative estimate of drug-likeness (QED) is 0.421. The summed E-state index contributed by atoms with van der Waals surface area (Å²) in [5.74, 6) is 0. The number of benzene rings is 3. The molecule has 0 saturated carbocycles. The Kier molecular flexibility index (Phi) is 4.36. The molecule has 0 fully saturated rings. The lowest BCUT2D eigenvalue weighted by Crippen LogP contribution is -2.10. The van der Waals surface area contributed by atoms with Crippen molar-refractivity contribution in [3.8, 4) is 6.07 Å². The van der Waals surface area contributed by atoms with Gasteiger partial charge in [-0.25, -0.2) is 0 Å². The molecule has 0 saturated heterocycles. The van der Waals surface area contributed by atoms with Crippen LogP contribution in [0, 0.1) is 11.3 Å². The van der Waals surface area contributed by atoms with Crippen molar-refractivity contribution < 1.29 is 14.4 Å². The molecular formula is C19H17N2O3P. The molecule has 3 aromatic carbocycles. The van der Waals surface area contributed by atoms with Crippen molar-refractivity contribution in [3.63, 3.8) is 0 Å². The first kappa shape index (κ1) is 17.2. The molecule has 0 radical (unpaired) electrons. The van der Waals surface area contributed by atoms with Gasteiger partial charge in [0, 0.05) is 24.9 Å². The predicted molar refractivity (Wildman–Crippen MR) is 101 cm³/mol. The molecule has 3 aromatic rings. The van der Waals surface area contributed by atoms with Gasteiger partial charge in [-0.3, -0.25) is 4.57 Å². The molecule has 0 atom stereocenters. The highest BCUT2D eigenvalue weighted by atomic mass is 31.2. The summed E-state index contributed by atoms with van der Waals surface area (Å²) in [6, 6.07) is 17.0. The molecular weight excluding hydrogens is 335 g/mol. The van der Waals surface area contributed by atoms with E-state index in [-0.39, 0.29) is 0 Å². The minimum Gasteiger partial charge on any atom is -0.377 e. The van der Waals surface area contributed by atoms with Crippen LogP contribution in [-0.4, -0.2) is 23.9 Å². The zero-order valence-corrected chi connectivity index (χ0v) is 14.7. The van der Waals surface area contributed by atoms with Crippen LogP contribution >= 0.6 is 7.60 Å². The van der Waals surface area contributed by atoms with E-state index in [1.54, 1.807) is 6.07 Å². The van der Waals surface area contributed by atoms with Crippen molar-refractivity contribution >= 4 is 40.9 Å². The first-order chi connectivity index (χ1) is 11.8. The van der Waals surface area contributed by atoms with Crippen LogP contribution in [0.3, 0.4) is 0 Å². The maximum absolute atomic E-state index is 11.6. The highest BCUT2D eigenvalue weighted by molar-refractivity contribution is 7.57. The van der Waals surface area contributed by atoms with Crippen molar-refractivity contribution in [1.29, 1.82) is 5.26 Å². The molecule has 0 aliphatic carbocycles. The second kappa shape index (κ2) is 6.34. The van der Waals surface area contributed by atoms with Gasteiger partial charge in [-0.05, 0) is 22.4 Å². The normalized spacial score (nSPS) is 12.4. The summed E-state index contributed by atoms with van der Waals surface area (Å²) in [6.45, 7) is 0. The number of hydrogen-bond acceptors (Lipinski definition) is 3. The Morgan fingerprint density at radius 2 is 1.44 bits per heavy atom. The Bertz CT molecular complexity index is 1030. The summed E-state index contributed by atoms with van der Waals surface area (Å²) in [7, 11) is -0.722. The lowest BCUT2D eigenvalue weighted by Gasteiger charge is -2.21. The van der Waals surface area contributed by atoms with Crippen LogP contribution in [0.1, 0.15) is 5.56 Å². The van der Waals surface area contributed by atoms with Gasteiger partial charge >= 0.3 is 7.60 Å². The Labute approximate surface area is 145 Å². The molecule has 0 bridgehead atoms. The molecule has 5 nitrogen and oxygen atoms in total. The average molecular weight is 352 g/mol. The van der Waals surface area contributed by atoms with E-state index in [0.717, 1.165) is 27.2 Å². The van der Waals surface area contributed by atoms with Crippen LogP contribution in [0.4, 0.5) is 5.69 Å². The summed E-state index contributed by atoms with van der Waals surface area (Å²) < 4.78 is 11.6. The predicted octanol–water partition coefficient (Wildman–Crippen LogP) is 4.10. The summed E-state index contributed by atoms with van der Waals surface area (Å²) >= 11 is 0. The van der Waals surface area contributed by atoms with Gasteiger partial charge in [0.05, 0.1) is 5.69 Å². The van der Waals surface area contributed by atoms with Gasteiger partial charge in [-0.1, -0.05) is 48.5 Å². The zero-order valence-electron chi connectivity index (χ0n) is 13.8. The van der Waals surface area contributed by atoms with Gasteiger partial charge in [0.1, 0.15) is 11.4 Å². The number of rotatable bonds is 3. The molecule has 0 amide bonds. The Hall–Kier alpha value is -2.64. The van der Waals surface area contributed by atoms with E-state index in [9.17, 15) is 19.6 Å². The highest BCUT2D eigenvalue weighted by Crippen LogP contribution is 2.47. The maximum atomic E-state index is 11.6. The topological polar surface area (TPSA) is 84.6 Å². The van der Waals surface area contributed by atoms with Gasteiger partial charge < -0.3 is 14.7 Å². The largest absolute Gasteiger partial charge is 0.377 e. The number of hydrogen-bond donors (Lipinski definition) is 2. The average Bonchev–Trinajstić information content (AvgIpc) is 2.57. The van der Waals surface area contributed by atoms with Gasteiger partial charge in [0.15, 0.2) is 0 Å². The minimum absolute atomic E-state index is 0.541. The van der Waals surface area contributed by atoms with Crippen LogP contribution in [0.5, 0.6) is 0 Å². The Morgan fingerprint density at radius 3 is 1.80 bits per heavy atom. The van der Waals surface area contributed by atoms with Gasteiger partial charge in [-0.2, -0.15) is 5.26 Å². The summed E-state index contributed by atoms with van der Waals surface area (Å²) in [5, 5.41) is 12.2. The molecule has 25 heavy (non-hydrogen) atoms. The smallest absolute Gasteiger partial charge is 0.366 e. The summed E-state index contributed by atoms with van der Waals surface area (Å²) in [6.07, 6.45) is 1.31. The van der Waals surface area contributed by atoms with Crippen LogP contribution < -0.4 is 4.90 Å². The third-order valence-electron chi connectivity index (χ3n) is 4.10. The van der Waals surface area contributed by atoms with E-state index in [1.165, 1.54) is 6.08 Å². The second-order valence-corrected chi connectivity index (χ2v) is 7.50. The maximum Gasteiger partial charge on any atom is 0.366 e. The molecule has 0 aromatic heterocycles. The number of anilines is 1. The van der Waals surface area contributed by atoms with Crippen LogP contribution in [0.15, 0.2) is 53.8 Å². The first-order valence-corrected chi connectivity index (χ1v) is 9.24. The van der Waals surface area contributed by atoms with E-state index in [0.29, 0.717) is 5.56 Å². The van der Waals surface area contributed by atoms with Crippen molar-refractivity contribution in [2.75, 3.05) is 19.0 Å². The van der Waals surface area contributed by atoms with Gasteiger partial charge in [0.25, 0.3) is 0 Å². The molecule has 3 rings (SSSR count). The van der Waals surface area contributed by atoms with Crippen LogP contribution in [-0.2, 0) is 4.57 Å². The van der Waals surface area contributed by atoms with E-state index < -0.39 is 12.9 Å². The van der Waals surface area contributed by atoms with Crippen LogP contribution in [0.25, 0.3) is 27.6 Å². The second-order valence-electron chi connectivity index (χ2n) is 5.93. The Balaban J connectivity index is 2.55. The van der Waals surface area contributed by atoms with Crippen molar-refractivity contribution in [3.05, 3.63) is 59.4 Å². The third-order valence-corrected chi connectivity index (χ3v) is 4.96. The summed E-state index contributed by atoms with van der Waals surface area (Å²) in [5.41, 5.74) is 1.66. The molecule has 0 spiro atoms. The summed E-state index contributed by atoms with van der Waals surface area (Å²) in [4.78, 5) is 20.9. The number of nitrogens with zero attached hydrogens (tertiary/aromatic N) is 2. The van der Waals surface area contributed by atoms with Crippen molar-refractivity contribution in [2.45, 2.75) is 0 Å². The fourth-order valence-corrected chi connectivity index (χ4v) is 3.52. The molecule has 126 valence electrons. The minimum atomic E-state index is -4.64. The number of fused-ring (bicyclic) bond motifs is 2. The molecule has 6 heteroatoms. The molecule has 2 N–H and O–H groups in total. The van der Waals surface area contributed by atoms with Crippen molar-refractivity contribution in [1.82, 2.24) is 0 Å². The van der Waals surface area contributed by atoms with E-state index in [1.807, 2.05) is 67.5 Å². The van der Waals surface area contributed by atoms with Crippen molar-refractivity contribution in [2.24, 2.45) is 0 Å². The van der Waals surface area contributed by atoms with E-state index >= 15 is 0 Å². The lowest BCUT2D eigenvalue weighted by atomic mass is 9.94. The van der Waals surface area contributed by atoms with E-state index in [2.05, 4.69) is 0 Å². The van der Waals surface area contributed by atoms with Gasteiger partial charge in [0.2, 0.25) is 0 Å². The Morgan fingerprint density at radius 1 is 1.00 bits per heavy atom. The lowest BCUT2D eigenvalue weighted by molar-refractivity contribution is 0.384. The third kappa shape index (κ3) is 3.04. The fraction of sp³-hybridized carbons (Fsp3) is 0.105. The number of allylic oxidation sites excluding steroid dienone is 1. The van der Waals surface area contributed by atoms with Gasteiger partial charge in [-0.15, -0.1) is 0 Å². The first-order valence-electron chi connectivity index (χ1n) is 7.63. The van der Waals surface area contributed by atoms with E-state index in [4.69, 9.17) is 0 Å². The monoisotopic (exact) mass is 352 g/mol.